The molecule has 2 atom stereocenters. The van der Waals surface area contributed by atoms with Gasteiger partial charge in [0.2, 0.25) is 5.91 Å². The summed E-state index contributed by atoms with van der Waals surface area (Å²) in [6, 6.07) is 6.47. The number of aromatic nitrogens is 5. The summed E-state index contributed by atoms with van der Waals surface area (Å²) in [5, 5.41) is 27.7. The number of benzene rings is 1. The normalized spacial score (nSPS) is 20.9. The molecule has 6 rings (SSSR count). The van der Waals surface area contributed by atoms with Crippen molar-refractivity contribution >= 4 is 12.0 Å². The number of amides is 1. The summed E-state index contributed by atoms with van der Waals surface area (Å²) in [5.74, 6) is 0.210. The number of nitrogens with zero attached hydrogens (tertiary/aromatic N) is 4. The Labute approximate surface area is 223 Å². The number of rotatable bonds is 7. The Kier molecular flexibility index (Phi) is 5.79. The Balaban J connectivity index is 1.18. The molecule has 2 aromatic heterocycles. The summed E-state index contributed by atoms with van der Waals surface area (Å²) in [6.07, 6.45) is 1.66. The fourth-order valence-corrected chi connectivity index (χ4v) is 5.49. The molecule has 0 saturated heterocycles. The van der Waals surface area contributed by atoms with Crippen LogP contribution in [0.4, 0.5) is 8.78 Å². The summed E-state index contributed by atoms with van der Waals surface area (Å²) in [5.41, 5.74) is 2.84. The zero-order valence-electron chi connectivity index (χ0n) is 21.9. The van der Waals surface area contributed by atoms with E-state index in [9.17, 15) is 18.7 Å². The van der Waals surface area contributed by atoms with Crippen molar-refractivity contribution in [2.45, 2.75) is 82.3 Å². The van der Waals surface area contributed by atoms with Crippen LogP contribution in [-0.4, -0.2) is 54.6 Å². The predicted molar refractivity (Wildman–Crippen MR) is 135 cm³/mol. The van der Waals surface area contributed by atoms with Gasteiger partial charge >= 0.3 is 6.29 Å². The molecule has 2 unspecified atom stereocenters. The lowest BCUT2D eigenvalue weighted by Crippen LogP contribution is -2.42. The highest BCUT2D eigenvalue weighted by atomic mass is 19.3. The largest absolute Gasteiger partial charge is 0.586 e. The monoisotopic (exact) mass is 540 g/mol. The first-order chi connectivity index (χ1) is 18.4. The van der Waals surface area contributed by atoms with Gasteiger partial charge in [-0.25, -0.2) is 0 Å². The second kappa shape index (κ2) is 8.87. The van der Waals surface area contributed by atoms with E-state index in [1.807, 2.05) is 12.2 Å². The lowest BCUT2D eigenvalue weighted by Gasteiger charge is -2.25. The SMILES string of the molecule is CC(C)(C)c1cc2c(n1CC(O)Cc1nn[nH]n1)C=CC(NC(=O)C1(c3ccc4c(c3)OC(F)(F)O4)CC1)C2. The van der Waals surface area contributed by atoms with Crippen LogP contribution in [0.1, 0.15) is 62.0 Å². The number of carbonyl (C=O) groups is 1. The number of nitrogens with one attached hydrogen (secondary N) is 2. The number of aromatic amines is 1. The number of alkyl halides is 2. The maximum absolute atomic E-state index is 13.5. The molecule has 3 heterocycles. The summed E-state index contributed by atoms with van der Waals surface area (Å²) in [7, 11) is 0. The maximum atomic E-state index is 13.5. The second-order valence-corrected chi connectivity index (χ2v) is 11.5. The van der Waals surface area contributed by atoms with Crippen LogP contribution in [0.2, 0.25) is 0 Å². The first kappa shape index (κ1) is 25.5. The lowest BCUT2D eigenvalue weighted by atomic mass is 9.91. The van der Waals surface area contributed by atoms with Crippen molar-refractivity contribution in [3.63, 3.8) is 0 Å². The highest BCUT2D eigenvalue weighted by molar-refractivity contribution is 5.92. The van der Waals surface area contributed by atoms with E-state index in [1.165, 1.54) is 12.1 Å². The van der Waals surface area contributed by atoms with Crippen LogP contribution in [0.15, 0.2) is 30.3 Å². The molecule has 0 radical (unpaired) electrons. The summed E-state index contributed by atoms with van der Waals surface area (Å²) in [6.45, 7) is 6.73. The topological polar surface area (TPSA) is 127 Å². The van der Waals surface area contributed by atoms with Gasteiger partial charge < -0.3 is 24.5 Å². The van der Waals surface area contributed by atoms with Gasteiger partial charge in [-0.3, -0.25) is 4.79 Å². The standard InChI is InChI=1S/C27H30F2N6O4/c1-25(2,3)22-11-15-10-17(5-6-19(15)35(22)14-18(36)13-23-31-33-34-32-23)30-24(37)26(8-9-26)16-4-7-20-21(12-16)39-27(28,29)38-20/h4-7,11-12,17-18,36H,8-10,13-14H2,1-3H3,(H,30,37)(H,31,32,33,34). The molecule has 3 N–H and O–H groups in total. The minimum Gasteiger partial charge on any atom is -0.395 e. The third-order valence-corrected chi connectivity index (χ3v) is 7.57. The van der Waals surface area contributed by atoms with E-state index in [1.54, 1.807) is 6.07 Å². The molecule has 0 spiro atoms. The average molecular weight is 541 g/mol. The van der Waals surface area contributed by atoms with Crippen molar-refractivity contribution in [1.82, 2.24) is 30.5 Å². The van der Waals surface area contributed by atoms with Crippen molar-refractivity contribution in [2.24, 2.45) is 0 Å². The smallest absolute Gasteiger partial charge is 0.395 e. The minimum absolute atomic E-state index is 0.0377. The number of ether oxygens (including phenoxy) is 2. The number of hydrogen-bond donors (Lipinski definition) is 3. The molecule has 2 aliphatic carbocycles. The van der Waals surface area contributed by atoms with E-state index in [0.717, 1.165) is 17.0 Å². The number of H-pyrrole nitrogens is 1. The lowest BCUT2D eigenvalue weighted by molar-refractivity contribution is -0.286. The van der Waals surface area contributed by atoms with Crippen LogP contribution >= 0.6 is 0 Å². The summed E-state index contributed by atoms with van der Waals surface area (Å²) in [4.78, 5) is 13.4. The van der Waals surface area contributed by atoms with Crippen molar-refractivity contribution in [3.05, 3.63) is 58.7 Å². The van der Waals surface area contributed by atoms with Crippen molar-refractivity contribution in [1.29, 1.82) is 0 Å². The van der Waals surface area contributed by atoms with Gasteiger partial charge in [-0.15, -0.1) is 19.0 Å². The summed E-state index contributed by atoms with van der Waals surface area (Å²) < 4.78 is 38.2. The second-order valence-electron chi connectivity index (χ2n) is 11.5. The number of hydrogen-bond acceptors (Lipinski definition) is 7. The van der Waals surface area contributed by atoms with E-state index in [2.05, 4.69) is 66.8 Å². The Morgan fingerprint density at radius 3 is 2.72 bits per heavy atom. The zero-order valence-corrected chi connectivity index (χ0v) is 21.9. The molecule has 3 aromatic rings. The van der Waals surface area contributed by atoms with Gasteiger partial charge in [0.05, 0.1) is 17.6 Å². The van der Waals surface area contributed by atoms with Gasteiger partial charge in [0, 0.05) is 29.8 Å². The highest BCUT2D eigenvalue weighted by Gasteiger charge is 2.53. The number of halogens is 2. The molecule has 39 heavy (non-hydrogen) atoms. The molecule has 1 amide bonds. The molecule has 10 nitrogen and oxygen atoms in total. The Hall–Kier alpha value is -3.80. The summed E-state index contributed by atoms with van der Waals surface area (Å²) >= 11 is 0. The first-order valence-corrected chi connectivity index (χ1v) is 13.0. The van der Waals surface area contributed by atoms with Gasteiger partial charge in [0.1, 0.15) is 0 Å². The molecule has 12 heteroatoms. The third kappa shape index (κ3) is 4.77. The number of aliphatic hydroxyl groups is 1. The van der Waals surface area contributed by atoms with Gasteiger partial charge in [0.25, 0.3) is 0 Å². The van der Waals surface area contributed by atoms with Gasteiger partial charge in [-0.1, -0.05) is 38.1 Å². The van der Waals surface area contributed by atoms with Gasteiger partial charge in [0.15, 0.2) is 17.3 Å². The fourth-order valence-electron chi connectivity index (χ4n) is 5.49. The Morgan fingerprint density at radius 2 is 2.03 bits per heavy atom. The van der Waals surface area contributed by atoms with E-state index in [0.29, 0.717) is 37.2 Å². The van der Waals surface area contributed by atoms with Gasteiger partial charge in [-0.2, -0.15) is 5.21 Å². The molecule has 3 aliphatic rings. The molecule has 0 bridgehead atoms. The number of tetrazole rings is 1. The van der Waals surface area contributed by atoms with E-state index < -0.39 is 17.8 Å². The first-order valence-electron chi connectivity index (χ1n) is 13.0. The van der Waals surface area contributed by atoms with E-state index in [-0.39, 0.29) is 35.3 Å². The molecule has 1 aliphatic heterocycles. The third-order valence-electron chi connectivity index (χ3n) is 7.57. The molecule has 206 valence electrons. The Morgan fingerprint density at radius 1 is 1.26 bits per heavy atom. The van der Waals surface area contributed by atoms with E-state index in [4.69, 9.17) is 0 Å². The van der Waals surface area contributed by atoms with Crippen LogP contribution in [0.25, 0.3) is 6.08 Å². The zero-order chi connectivity index (χ0) is 27.6. The molecular weight excluding hydrogens is 510 g/mol. The molecule has 1 fully saturated rings. The van der Waals surface area contributed by atoms with Crippen molar-refractivity contribution in [2.75, 3.05) is 0 Å². The Bertz CT molecular complexity index is 1440. The number of fused-ring (bicyclic) bond motifs is 2. The fraction of sp³-hybridized carbons (Fsp3) is 0.481. The van der Waals surface area contributed by atoms with Crippen molar-refractivity contribution < 1.29 is 28.2 Å². The van der Waals surface area contributed by atoms with Crippen LogP contribution in [0, 0.1) is 0 Å². The van der Waals surface area contributed by atoms with Crippen LogP contribution in [-0.2, 0) is 35.0 Å². The van der Waals surface area contributed by atoms with Crippen LogP contribution in [0.5, 0.6) is 11.5 Å². The van der Waals surface area contributed by atoms with E-state index >= 15 is 0 Å². The number of aliphatic hydroxyl groups excluding tert-OH is 1. The van der Waals surface area contributed by atoms with Crippen LogP contribution < -0.4 is 14.8 Å². The molecule has 1 aromatic carbocycles. The maximum Gasteiger partial charge on any atom is 0.586 e. The molecular formula is C27H30F2N6O4. The van der Waals surface area contributed by atoms with Crippen molar-refractivity contribution in [3.8, 4) is 11.5 Å². The minimum atomic E-state index is -3.70. The average Bonchev–Trinajstić information content (AvgIpc) is 3.18. The van der Waals surface area contributed by atoms with Crippen LogP contribution in [0.3, 0.4) is 0 Å². The highest BCUT2D eigenvalue weighted by Crippen LogP contribution is 2.52. The van der Waals surface area contributed by atoms with Gasteiger partial charge in [-0.05, 0) is 54.7 Å². The number of carbonyl (C=O) groups excluding carboxylic acids is 1. The predicted octanol–water partition coefficient (Wildman–Crippen LogP) is 3.01. The quantitative estimate of drug-likeness (QED) is 0.421. The molecule has 1 saturated carbocycles.